The van der Waals surface area contributed by atoms with Gasteiger partial charge >= 0.3 is 0 Å². The zero-order valence-electron chi connectivity index (χ0n) is 13.3. The van der Waals surface area contributed by atoms with Crippen LogP contribution in [0.25, 0.3) is 10.9 Å². The van der Waals surface area contributed by atoms with E-state index in [0.29, 0.717) is 16.8 Å². The van der Waals surface area contributed by atoms with Crippen LogP contribution in [0.15, 0.2) is 47.3 Å². The van der Waals surface area contributed by atoms with E-state index < -0.39 is 5.56 Å². The molecule has 0 radical (unpaired) electrons. The van der Waals surface area contributed by atoms with Gasteiger partial charge in [0.25, 0.3) is 5.56 Å². The monoisotopic (exact) mass is 355 g/mol. The van der Waals surface area contributed by atoms with Gasteiger partial charge in [-0.05, 0) is 25.1 Å². The molecule has 0 unspecified atom stereocenters. The Kier molecular flexibility index (Phi) is 4.63. The number of aromatic nitrogens is 2. The number of aromatic amines is 1. The third kappa shape index (κ3) is 3.59. The van der Waals surface area contributed by atoms with E-state index in [0.717, 1.165) is 5.56 Å². The molecule has 3 rings (SSSR count). The average molecular weight is 356 g/mol. The first kappa shape index (κ1) is 16.9. The number of alkyl halides is 1. The van der Waals surface area contributed by atoms with E-state index in [-0.39, 0.29) is 28.8 Å². The molecule has 7 heteroatoms. The van der Waals surface area contributed by atoms with Gasteiger partial charge in [-0.1, -0.05) is 29.8 Å². The van der Waals surface area contributed by atoms with Crippen molar-refractivity contribution < 1.29 is 9.59 Å². The average Bonchev–Trinajstić information content (AvgIpc) is 2.62. The van der Waals surface area contributed by atoms with E-state index in [2.05, 4.69) is 15.3 Å². The van der Waals surface area contributed by atoms with Gasteiger partial charge < -0.3 is 10.3 Å². The number of carbonyl (C=O) groups excluding carboxylic acids is 2. The first-order valence-corrected chi connectivity index (χ1v) is 8.02. The summed E-state index contributed by atoms with van der Waals surface area (Å²) in [4.78, 5) is 42.9. The van der Waals surface area contributed by atoms with Crippen molar-refractivity contribution in [3.05, 3.63) is 69.8 Å². The van der Waals surface area contributed by atoms with Crippen LogP contribution in [0.3, 0.4) is 0 Å². The Balaban J connectivity index is 2.00. The zero-order valence-corrected chi connectivity index (χ0v) is 14.1. The summed E-state index contributed by atoms with van der Waals surface area (Å²) in [6.45, 7) is 1.92. The summed E-state index contributed by atoms with van der Waals surface area (Å²) < 4.78 is 0. The summed E-state index contributed by atoms with van der Waals surface area (Å²) in [5.74, 6) is -0.953. The molecular weight excluding hydrogens is 342 g/mol. The van der Waals surface area contributed by atoms with Gasteiger partial charge in [0.15, 0.2) is 5.82 Å². The van der Waals surface area contributed by atoms with Gasteiger partial charge in [-0.15, -0.1) is 11.6 Å². The molecule has 0 saturated heterocycles. The highest BCUT2D eigenvalue weighted by atomic mass is 35.5. The Hall–Kier alpha value is -2.99. The number of benzene rings is 2. The lowest BCUT2D eigenvalue weighted by Crippen LogP contribution is -2.17. The van der Waals surface area contributed by atoms with Gasteiger partial charge in [0.2, 0.25) is 11.7 Å². The van der Waals surface area contributed by atoms with Crippen molar-refractivity contribution in [3.63, 3.8) is 0 Å². The molecule has 0 aliphatic rings. The Labute approximate surface area is 147 Å². The van der Waals surface area contributed by atoms with Crippen molar-refractivity contribution in [2.75, 3.05) is 11.2 Å². The molecule has 0 aliphatic heterocycles. The Bertz CT molecular complexity index is 1030. The normalized spacial score (nSPS) is 10.6. The Morgan fingerprint density at radius 3 is 2.56 bits per heavy atom. The van der Waals surface area contributed by atoms with Crippen molar-refractivity contribution in [2.45, 2.75) is 6.92 Å². The van der Waals surface area contributed by atoms with Gasteiger partial charge in [0.1, 0.15) is 5.88 Å². The number of rotatable bonds is 4. The highest BCUT2D eigenvalue weighted by molar-refractivity contribution is 6.29. The van der Waals surface area contributed by atoms with Crippen LogP contribution >= 0.6 is 11.6 Å². The fourth-order valence-corrected chi connectivity index (χ4v) is 2.43. The van der Waals surface area contributed by atoms with Crippen LogP contribution in [0.5, 0.6) is 0 Å². The maximum atomic E-state index is 12.5. The first-order valence-electron chi connectivity index (χ1n) is 7.49. The van der Waals surface area contributed by atoms with E-state index in [1.165, 1.54) is 6.07 Å². The number of amides is 1. The van der Waals surface area contributed by atoms with Crippen LogP contribution in [0.2, 0.25) is 0 Å². The van der Waals surface area contributed by atoms with Crippen LogP contribution < -0.4 is 10.9 Å². The number of nitrogens with zero attached hydrogens (tertiary/aromatic N) is 1. The molecular formula is C18H14ClN3O3. The molecule has 0 bridgehead atoms. The first-order chi connectivity index (χ1) is 12.0. The Morgan fingerprint density at radius 2 is 1.88 bits per heavy atom. The summed E-state index contributed by atoms with van der Waals surface area (Å²) in [5, 5.41) is 2.83. The molecule has 0 spiro atoms. The predicted molar refractivity (Wildman–Crippen MR) is 96.3 cm³/mol. The zero-order chi connectivity index (χ0) is 18.0. The number of H-pyrrole nitrogens is 1. The predicted octanol–water partition coefficient (Wildman–Crippen LogP) is 2.64. The van der Waals surface area contributed by atoms with Crippen LogP contribution in [0, 0.1) is 6.92 Å². The molecule has 1 aromatic heterocycles. The number of hydrogen-bond acceptors (Lipinski definition) is 4. The van der Waals surface area contributed by atoms with Gasteiger partial charge in [-0.3, -0.25) is 14.4 Å². The molecule has 0 fully saturated rings. The molecule has 6 nitrogen and oxygen atoms in total. The number of carbonyl (C=O) groups is 2. The molecule has 0 aliphatic carbocycles. The fraction of sp³-hybridized carbons (Fsp3) is 0.111. The van der Waals surface area contributed by atoms with Crippen LogP contribution in [0.4, 0.5) is 5.69 Å². The molecule has 1 heterocycles. The number of anilines is 1. The second-order valence-corrected chi connectivity index (χ2v) is 5.79. The minimum atomic E-state index is -0.456. The number of ketones is 1. The van der Waals surface area contributed by atoms with Crippen molar-refractivity contribution in [2.24, 2.45) is 0 Å². The van der Waals surface area contributed by atoms with Crippen LogP contribution in [-0.2, 0) is 4.79 Å². The third-order valence-corrected chi connectivity index (χ3v) is 3.88. The van der Waals surface area contributed by atoms with E-state index in [1.54, 1.807) is 24.3 Å². The van der Waals surface area contributed by atoms with E-state index in [4.69, 9.17) is 11.6 Å². The number of halogens is 1. The van der Waals surface area contributed by atoms with E-state index >= 15 is 0 Å². The Morgan fingerprint density at radius 1 is 1.16 bits per heavy atom. The lowest BCUT2D eigenvalue weighted by molar-refractivity contribution is -0.113. The van der Waals surface area contributed by atoms with Crippen LogP contribution in [-0.4, -0.2) is 27.5 Å². The summed E-state index contributed by atoms with van der Waals surface area (Å²) in [7, 11) is 0. The maximum Gasteiger partial charge on any atom is 0.259 e. The number of fused-ring (bicyclic) bond motifs is 1. The standard InChI is InChI=1S/C18H14ClN3O3/c1-10-2-4-11(5-3-10)16(24)17-21-14-7-6-12(20-15(23)9-19)8-13(14)18(25)22-17/h2-8H,9H2,1H3,(H,20,23)(H,21,22,25). The van der Waals surface area contributed by atoms with Crippen molar-refractivity contribution in [1.29, 1.82) is 0 Å². The molecule has 25 heavy (non-hydrogen) atoms. The largest absolute Gasteiger partial charge is 0.325 e. The van der Waals surface area contributed by atoms with E-state index in [1.807, 2.05) is 19.1 Å². The van der Waals surface area contributed by atoms with Gasteiger partial charge in [-0.2, -0.15) is 0 Å². The number of hydrogen-bond donors (Lipinski definition) is 2. The van der Waals surface area contributed by atoms with Gasteiger partial charge in [0.05, 0.1) is 10.9 Å². The second kappa shape index (κ2) is 6.86. The summed E-state index contributed by atoms with van der Waals surface area (Å²) >= 11 is 5.45. The molecule has 0 saturated carbocycles. The SMILES string of the molecule is Cc1ccc(C(=O)c2nc3ccc(NC(=O)CCl)cc3c(=O)[nH]2)cc1. The van der Waals surface area contributed by atoms with E-state index in [9.17, 15) is 14.4 Å². The van der Waals surface area contributed by atoms with Crippen molar-refractivity contribution in [1.82, 2.24) is 9.97 Å². The summed E-state index contributed by atoms with van der Waals surface area (Å²) in [6, 6.07) is 11.7. The molecule has 1 amide bonds. The molecule has 2 N–H and O–H groups in total. The third-order valence-electron chi connectivity index (χ3n) is 3.64. The van der Waals surface area contributed by atoms with Crippen molar-refractivity contribution in [3.8, 4) is 0 Å². The number of aryl methyl sites for hydroxylation is 1. The highest BCUT2D eigenvalue weighted by Gasteiger charge is 2.14. The topological polar surface area (TPSA) is 91.9 Å². The lowest BCUT2D eigenvalue weighted by atomic mass is 10.1. The molecule has 3 aromatic rings. The molecule has 2 aromatic carbocycles. The fourth-order valence-electron chi connectivity index (χ4n) is 2.36. The van der Waals surface area contributed by atoms with Gasteiger partial charge in [-0.25, -0.2) is 4.98 Å². The minimum Gasteiger partial charge on any atom is -0.325 e. The van der Waals surface area contributed by atoms with Gasteiger partial charge in [0, 0.05) is 11.3 Å². The summed E-state index contributed by atoms with van der Waals surface area (Å²) in [5.41, 5.74) is 1.82. The quantitative estimate of drug-likeness (QED) is 0.556. The highest BCUT2D eigenvalue weighted by Crippen LogP contribution is 2.16. The maximum absolute atomic E-state index is 12.5. The smallest absolute Gasteiger partial charge is 0.259 e. The molecule has 0 atom stereocenters. The minimum absolute atomic E-state index is 0.0288. The second-order valence-electron chi connectivity index (χ2n) is 5.52. The number of nitrogens with one attached hydrogen (secondary N) is 2. The lowest BCUT2D eigenvalue weighted by Gasteiger charge is -2.06. The molecule has 126 valence electrons. The van der Waals surface area contributed by atoms with Crippen molar-refractivity contribution >= 4 is 39.9 Å². The van der Waals surface area contributed by atoms with Crippen LogP contribution in [0.1, 0.15) is 21.7 Å². The summed E-state index contributed by atoms with van der Waals surface area (Å²) in [6.07, 6.45) is 0.